The Kier molecular flexibility index (Phi) is 7.07. The standard InChI is InChI=1S/C21H28N2O4S/c1-6-20(21(24)22-19-10-8-9-15(3)16(19)4)23(28(5,25)26)17-11-13-18(14-12-17)27-7-2/h8-14,20H,6-7H2,1-5H3,(H,22,24)/t20-/m1/s1. The molecule has 0 spiro atoms. The van der Waals surface area contributed by atoms with Gasteiger partial charge in [0.1, 0.15) is 11.8 Å². The highest BCUT2D eigenvalue weighted by Gasteiger charge is 2.31. The Labute approximate surface area is 167 Å². The fourth-order valence-corrected chi connectivity index (χ4v) is 4.23. The van der Waals surface area contributed by atoms with E-state index in [1.807, 2.05) is 39.0 Å². The number of amides is 1. The summed E-state index contributed by atoms with van der Waals surface area (Å²) in [6.07, 6.45) is 1.44. The molecule has 1 amide bonds. The van der Waals surface area contributed by atoms with Crippen molar-refractivity contribution >= 4 is 27.3 Å². The predicted octanol–water partition coefficient (Wildman–Crippen LogP) is 3.89. The zero-order valence-electron chi connectivity index (χ0n) is 17.0. The number of nitrogens with one attached hydrogen (secondary N) is 1. The second kappa shape index (κ2) is 9.10. The number of carbonyl (C=O) groups is 1. The van der Waals surface area contributed by atoms with Crippen LogP contribution in [0.3, 0.4) is 0 Å². The van der Waals surface area contributed by atoms with Crippen molar-refractivity contribution in [2.75, 3.05) is 22.5 Å². The molecule has 0 bridgehead atoms. The number of hydrogen-bond acceptors (Lipinski definition) is 4. The maximum Gasteiger partial charge on any atom is 0.248 e. The third-order valence-corrected chi connectivity index (χ3v) is 5.77. The largest absolute Gasteiger partial charge is 0.494 e. The van der Waals surface area contributed by atoms with E-state index in [-0.39, 0.29) is 5.91 Å². The molecule has 28 heavy (non-hydrogen) atoms. The Bertz CT molecular complexity index is 924. The quantitative estimate of drug-likeness (QED) is 0.724. The van der Waals surface area contributed by atoms with Crippen molar-refractivity contribution < 1.29 is 17.9 Å². The van der Waals surface area contributed by atoms with E-state index in [1.165, 1.54) is 4.31 Å². The molecule has 0 saturated carbocycles. The highest BCUT2D eigenvalue weighted by atomic mass is 32.2. The lowest BCUT2D eigenvalue weighted by Crippen LogP contribution is -2.47. The van der Waals surface area contributed by atoms with Crippen molar-refractivity contribution in [1.82, 2.24) is 0 Å². The molecule has 1 N–H and O–H groups in total. The third kappa shape index (κ3) is 5.04. The fourth-order valence-electron chi connectivity index (χ4n) is 3.02. The molecule has 0 aliphatic carbocycles. The molecule has 7 heteroatoms. The van der Waals surface area contributed by atoms with Crippen LogP contribution >= 0.6 is 0 Å². The molecule has 2 aromatic carbocycles. The third-order valence-electron chi connectivity index (χ3n) is 4.59. The number of nitrogens with zero attached hydrogens (tertiary/aromatic N) is 1. The van der Waals surface area contributed by atoms with Gasteiger partial charge in [0.25, 0.3) is 0 Å². The average Bonchev–Trinajstić information content (AvgIpc) is 2.63. The molecular weight excluding hydrogens is 376 g/mol. The smallest absolute Gasteiger partial charge is 0.248 e. The second-order valence-corrected chi connectivity index (χ2v) is 8.51. The summed E-state index contributed by atoms with van der Waals surface area (Å²) in [4.78, 5) is 13.0. The molecule has 0 fully saturated rings. The minimum atomic E-state index is -3.68. The van der Waals surface area contributed by atoms with Crippen LogP contribution in [-0.4, -0.2) is 33.2 Å². The summed E-state index contributed by atoms with van der Waals surface area (Å²) in [6.45, 7) is 8.07. The topological polar surface area (TPSA) is 75.7 Å². The van der Waals surface area contributed by atoms with Gasteiger partial charge in [0.15, 0.2) is 0 Å². The summed E-state index contributed by atoms with van der Waals surface area (Å²) < 4.78 is 31.7. The maximum absolute atomic E-state index is 13.0. The molecule has 0 unspecified atom stereocenters. The van der Waals surface area contributed by atoms with Crippen LogP contribution < -0.4 is 14.4 Å². The van der Waals surface area contributed by atoms with Crippen molar-refractivity contribution in [3.05, 3.63) is 53.6 Å². The molecule has 0 heterocycles. The number of carbonyl (C=O) groups excluding carboxylic acids is 1. The molecule has 2 rings (SSSR count). The van der Waals surface area contributed by atoms with Gasteiger partial charge in [0.05, 0.1) is 18.6 Å². The van der Waals surface area contributed by atoms with Gasteiger partial charge in [-0.3, -0.25) is 9.10 Å². The number of ether oxygens (including phenoxy) is 1. The second-order valence-electron chi connectivity index (χ2n) is 6.65. The first kappa shape index (κ1) is 21.8. The molecule has 0 radical (unpaired) electrons. The monoisotopic (exact) mass is 404 g/mol. The highest BCUT2D eigenvalue weighted by molar-refractivity contribution is 7.92. The summed E-state index contributed by atoms with van der Waals surface area (Å²) in [5, 5.41) is 2.89. The van der Waals surface area contributed by atoms with Gasteiger partial charge in [-0.2, -0.15) is 0 Å². The van der Waals surface area contributed by atoms with E-state index in [2.05, 4.69) is 5.32 Å². The highest BCUT2D eigenvalue weighted by Crippen LogP contribution is 2.26. The van der Waals surface area contributed by atoms with E-state index in [4.69, 9.17) is 4.74 Å². The zero-order chi connectivity index (χ0) is 20.9. The minimum absolute atomic E-state index is 0.330. The Hall–Kier alpha value is -2.54. The van der Waals surface area contributed by atoms with E-state index in [9.17, 15) is 13.2 Å². The summed E-state index contributed by atoms with van der Waals surface area (Å²) in [5.74, 6) is 0.281. The fraction of sp³-hybridized carbons (Fsp3) is 0.381. The molecule has 6 nitrogen and oxygen atoms in total. The van der Waals surface area contributed by atoms with Gasteiger partial charge in [-0.1, -0.05) is 19.1 Å². The van der Waals surface area contributed by atoms with E-state index < -0.39 is 16.1 Å². The predicted molar refractivity (Wildman–Crippen MR) is 114 cm³/mol. The van der Waals surface area contributed by atoms with Gasteiger partial charge >= 0.3 is 0 Å². The lowest BCUT2D eigenvalue weighted by molar-refractivity contribution is -0.117. The Morgan fingerprint density at radius 2 is 1.75 bits per heavy atom. The first-order chi connectivity index (χ1) is 13.2. The van der Waals surface area contributed by atoms with Crippen molar-refractivity contribution in [1.29, 1.82) is 0 Å². The normalized spacial score (nSPS) is 12.3. The molecule has 0 saturated heterocycles. The molecule has 0 aromatic heterocycles. The lowest BCUT2D eigenvalue weighted by Gasteiger charge is -2.30. The Balaban J connectivity index is 2.37. The van der Waals surface area contributed by atoms with Gasteiger partial charge < -0.3 is 10.1 Å². The van der Waals surface area contributed by atoms with Crippen LogP contribution in [0.2, 0.25) is 0 Å². The number of aryl methyl sites for hydroxylation is 1. The van der Waals surface area contributed by atoms with E-state index in [1.54, 1.807) is 31.2 Å². The zero-order valence-corrected chi connectivity index (χ0v) is 17.8. The van der Waals surface area contributed by atoms with Gasteiger partial charge in [0, 0.05) is 5.69 Å². The molecule has 2 aromatic rings. The molecule has 0 aliphatic heterocycles. The number of sulfonamides is 1. The summed E-state index contributed by atoms with van der Waals surface area (Å²) >= 11 is 0. The first-order valence-electron chi connectivity index (χ1n) is 9.28. The average molecular weight is 405 g/mol. The van der Waals surface area contributed by atoms with Gasteiger partial charge in [-0.15, -0.1) is 0 Å². The van der Waals surface area contributed by atoms with Crippen LogP contribution in [0.4, 0.5) is 11.4 Å². The van der Waals surface area contributed by atoms with Crippen molar-refractivity contribution in [3.8, 4) is 5.75 Å². The molecule has 0 aliphatic rings. The summed E-state index contributed by atoms with van der Waals surface area (Å²) in [6, 6.07) is 11.5. The lowest BCUT2D eigenvalue weighted by atomic mass is 10.1. The van der Waals surface area contributed by atoms with E-state index >= 15 is 0 Å². The van der Waals surface area contributed by atoms with Crippen LogP contribution in [0.25, 0.3) is 0 Å². The van der Waals surface area contributed by atoms with Crippen molar-refractivity contribution in [2.24, 2.45) is 0 Å². The number of hydrogen-bond donors (Lipinski definition) is 1. The summed E-state index contributed by atoms with van der Waals surface area (Å²) in [7, 11) is -3.68. The minimum Gasteiger partial charge on any atom is -0.494 e. The molecule has 152 valence electrons. The molecule has 1 atom stereocenters. The van der Waals surface area contributed by atoms with Gasteiger partial charge in [-0.05, 0) is 68.7 Å². The summed E-state index contributed by atoms with van der Waals surface area (Å²) in [5.41, 5.74) is 3.12. The van der Waals surface area contributed by atoms with Crippen molar-refractivity contribution in [2.45, 2.75) is 40.2 Å². The SMILES string of the molecule is CCOc1ccc(N([C@H](CC)C(=O)Nc2cccc(C)c2C)S(C)(=O)=O)cc1. The van der Waals surface area contributed by atoms with E-state index in [0.29, 0.717) is 30.2 Å². The Morgan fingerprint density at radius 1 is 1.11 bits per heavy atom. The first-order valence-corrected chi connectivity index (χ1v) is 11.1. The maximum atomic E-state index is 13.0. The van der Waals surface area contributed by atoms with Crippen LogP contribution in [-0.2, 0) is 14.8 Å². The van der Waals surface area contributed by atoms with Gasteiger partial charge in [-0.25, -0.2) is 8.42 Å². The van der Waals surface area contributed by atoms with Crippen LogP contribution in [0.15, 0.2) is 42.5 Å². The number of anilines is 2. The van der Waals surface area contributed by atoms with Crippen LogP contribution in [0.1, 0.15) is 31.4 Å². The van der Waals surface area contributed by atoms with Crippen molar-refractivity contribution in [3.63, 3.8) is 0 Å². The molecular formula is C21H28N2O4S. The van der Waals surface area contributed by atoms with Gasteiger partial charge in [0.2, 0.25) is 15.9 Å². The number of rotatable bonds is 8. The van der Waals surface area contributed by atoms with Crippen LogP contribution in [0, 0.1) is 13.8 Å². The number of benzene rings is 2. The Morgan fingerprint density at radius 3 is 2.29 bits per heavy atom. The van der Waals surface area contributed by atoms with E-state index in [0.717, 1.165) is 17.4 Å². The van der Waals surface area contributed by atoms with Crippen LogP contribution in [0.5, 0.6) is 5.75 Å².